The van der Waals surface area contributed by atoms with Crippen molar-refractivity contribution in [1.29, 1.82) is 0 Å². The third kappa shape index (κ3) is 3.65. The smallest absolute Gasteiger partial charge is 0.325 e. The van der Waals surface area contributed by atoms with Gasteiger partial charge < -0.3 is 10.1 Å². The van der Waals surface area contributed by atoms with E-state index in [2.05, 4.69) is 10.1 Å². The number of hydrogen-bond acceptors (Lipinski definition) is 5. The molecule has 0 aliphatic carbocycles. The molecule has 2 aromatic rings. The Hall–Kier alpha value is -2.05. The molecule has 0 aliphatic heterocycles. The fourth-order valence-corrected chi connectivity index (χ4v) is 3.90. The minimum absolute atomic E-state index is 0.0293. The quantitative estimate of drug-likeness (QED) is 0.836. The van der Waals surface area contributed by atoms with Gasteiger partial charge in [0.25, 0.3) is 0 Å². The average molecular weight is 354 g/mol. The van der Waals surface area contributed by atoms with Crippen molar-refractivity contribution >= 4 is 33.1 Å². The van der Waals surface area contributed by atoms with Gasteiger partial charge in [0.1, 0.15) is 6.54 Å². The van der Waals surface area contributed by atoms with E-state index in [1.54, 1.807) is 31.2 Å². The number of ether oxygens (including phenoxy) is 1. The van der Waals surface area contributed by atoms with Crippen molar-refractivity contribution in [3.8, 4) is 0 Å². The molecule has 122 valence electrons. The minimum Gasteiger partial charge on any atom is -0.468 e. The summed E-state index contributed by atoms with van der Waals surface area (Å²) in [5, 5.41) is 3.00. The fraction of sp³-hybridized carbons (Fsp3) is 0.188. The van der Waals surface area contributed by atoms with Crippen LogP contribution < -0.4 is 5.32 Å². The monoisotopic (exact) mass is 353 g/mol. The molecule has 0 aliphatic rings. The Morgan fingerprint density at radius 2 is 1.83 bits per heavy atom. The van der Waals surface area contributed by atoms with E-state index in [0.717, 1.165) is 0 Å². The number of carbonyl (C=O) groups excluding carboxylic acids is 1. The van der Waals surface area contributed by atoms with Gasteiger partial charge in [0.05, 0.1) is 21.9 Å². The number of halogens is 1. The van der Waals surface area contributed by atoms with Gasteiger partial charge in [-0.1, -0.05) is 29.8 Å². The van der Waals surface area contributed by atoms with Crippen LogP contribution in [-0.4, -0.2) is 28.0 Å². The molecule has 0 spiro atoms. The van der Waals surface area contributed by atoms with Crippen molar-refractivity contribution in [3.63, 3.8) is 0 Å². The predicted octanol–water partition coefficient (Wildman–Crippen LogP) is 3.07. The van der Waals surface area contributed by atoms with Crippen molar-refractivity contribution in [3.05, 3.63) is 53.1 Å². The lowest BCUT2D eigenvalue weighted by molar-refractivity contribution is -0.138. The van der Waals surface area contributed by atoms with Crippen LogP contribution in [0, 0.1) is 6.92 Å². The number of anilines is 1. The van der Waals surface area contributed by atoms with Crippen molar-refractivity contribution in [2.75, 3.05) is 19.0 Å². The highest BCUT2D eigenvalue weighted by atomic mass is 35.5. The molecule has 0 atom stereocenters. The van der Waals surface area contributed by atoms with Gasteiger partial charge >= 0.3 is 5.97 Å². The lowest BCUT2D eigenvalue weighted by atomic mass is 10.2. The molecule has 0 fully saturated rings. The van der Waals surface area contributed by atoms with E-state index in [1.165, 1.54) is 25.3 Å². The highest BCUT2D eigenvalue weighted by molar-refractivity contribution is 7.91. The molecular formula is C16H16ClNO4S. The van der Waals surface area contributed by atoms with Crippen molar-refractivity contribution in [2.24, 2.45) is 0 Å². The van der Waals surface area contributed by atoms with E-state index >= 15 is 0 Å². The summed E-state index contributed by atoms with van der Waals surface area (Å²) < 4.78 is 29.9. The molecule has 0 unspecified atom stereocenters. The van der Waals surface area contributed by atoms with E-state index in [0.29, 0.717) is 11.3 Å². The molecular weight excluding hydrogens is 338 g/mol. The highest BCUT2D eigenvalue weighted by Gasteiger charge is 2.22. The number of rotatable bonds is 5. The summed E-state index contributed by atoms with van der Waals surface area (Å²) in [4.78, 5) is 11.4. The second kappa shape index (κ2) is 7.02. The van der Waals surface area contributed by atoms with Gasteiger partial charge in [-0.25, -0.2) is 8.42 Å². The van der Waals surface area contributed by atoms with Crippen LogP contribution in [0.1, 0.15) is 5.56 Å². The molecule has 0 heterocycles. The molecule has 2 rings (SSSR count). The zero-order valence-corrected chi connectivity index (χ0v) is 14.2. The molecule has 2 aromatic carbocycles. The Balaban J connectivity index is 2.39. The van der Waals surface area contributed by atoms with Gasteiger partial charge in [0, 0.05) is 5.69 Å². The maximum atomic E-state index is 12.7. The first-order valence-corrected chi connectivity index (χ1v) is 8.64. The maximum absolute atomic E-state index is 12.7. The normalized spacial score (nSPS) is 11.1. The molecule has 0 aromatic heterocycles. The molecule has 7 heteroatoms. The number of benzene rings is 2. The number of hydrogen-bond donors (Lipinski definition) is 1. The summed E-state index contributed by atoms with van der Waals surface area (Å²) >= 11 is 6.25. The van der Waals surface area contributed by atoms with Gasteiger partial charge in [-0.3, -0.25) is 4.79 Å². The topological polar surface area (TPSA) is 72.5 Å². The summed E-state index contributed by atoms with van der Waals surface area (Å²) in [6.45, 7) is 1.66. The molecule has 0 saturated carbocycles. The Bertz CT molecular complexity index is 819. The van der Waals surface area contributed by atoms with E-state index < -0.39 is 15.8 Å². The predicted molar refractivity (Wildman–Crippen MR) is 88.6 cm³/mol. The minimum atomic E-state index is -3.70. The van der Waals surface area contributed by atoms with Crippen LogP contribution in [0.4, 0.5) is 5.69 Å². The standard InChI is InChI=1S/C16H16ClNO4S/c1-11-13(18-10-15(19)22-2)8-9-14(16(11)17)23(20,21)12-6-4-3-5-7-12/h3-9,18H,10H2,1-2H3. The first-order valence-electron chi connectivity index (χ1n) is 6.78. The SMILES string of the molecule is COC(=O)CNc1ccc(S(=O)(=O)c2ccccc2)c(Cl)c1C. The summed E-state index contributed by atoms with van der Waals surface area (Å²) in [5.41, 5.74) is 1.12. The van der Waals surface area contributed by atoms with Crippen LogP contribution in [0.5, 0.6) is 0 Å². The first kappa shape index (κ1) is 17.3. The third-order valence-corrected chi connectivity index (χ3v) is 5.76. The van der Waals surface area contributed by atoms with Gasteiger partial charge in [-0.05, 0) is 36.8 Å². The zero-order chi connectivity index (χ0) is 17.0. The van der Waals surface area contributed by atoms with Gasteiger partial charge in [0.2, 0.25) is 9.84 Å². The van der Waals surface area contributed by atoms with Crippen LogP contribution in [-0.2, 0) is 19.4 Å². The molecule has 1 N–H and O–H groups in total. The number of nitrogens with one attached hydrogen (secondary N) is 1. The number of carbonyl (C=O) groups is 1. The second-order valence-electron chi connectivity index (χ2n) is 4.80. The van der Waals surface area contributed by atoms with Crippen LogP contribution in [0.2, 0.25) is 5.02 Å². The van der Waals surface area contributed by atoms with Crippen LogP contribution in [0.3, 0.4) is 0 Å². The summed E-state index contributed by atoms with van der Waals surface area (Å²) in [6.07, 6.45) is 0. The summed E-state index contributed by atoms with van der Waals surface area (Å²) in [5.74, 6) is -0.429. The first-order chi connectivity index (χ1) is 10.9. The van der Waals surface area contributed by atoms with E-state index in [9.17, 15) is 13.2 Å². The highest BCUT2D eigenvalue weighted by Crippen LogP contribution is 2.33. The molecule has 0 saturated heterocycles. The number of methoxy groups -OCH3 is 1. The Morgan fingerprint density at radius 1 is 1.17 bits per heavy atom. The average Bonchev–Trinajstić information content (AvgIpc) is 2.56. The Kier molecular flexibility index (Phi) is 5.28. The molecule has 5 nitrogen and oxygen atoms in total. The lowest BCUT2D eigenvalue weighted by Gasteiger charge is -2.13. The number of sulfone groups is 1. The second-order valence-corrected chi connectivity index (χ2v) is 7.09. The number of esters is 1. The molecule has 0 bridgehead atoms. The van der Waals surface area contributed by atoms with E-state index in [1.807, 2.05) is 0 Å². The largest absolute Gasteiger partial charge is 0.468 e. The Labute approximate surface area is 140 Å². The van der Waals surface area contributed by atoms with Crippen LogP contribution in [0.25, 0.3) is 0 Å². The van der Waals surface area contributed by atoms with Gasteiger partial charge in [0.15, 0.2) is 0 Å². The Morgan fingerprint density at radius 3 is 2.43 bits per heavy atom. The van der Waals surface area contributed by atoms with Gasteiger partial charge in [-0.2, -0.15) is 0 Å². The summed E-state index contributed by atoms with van der Waals surface area (Å²) in [7, 11) is -2.41. The van der Waals surface area contributed by atoms with Gasteiger partial charge in [-0.15, -0.1) is 0 Å². The summed E-state index contributed by atoms with van der Waals surface area (Å²) in [6, 6.07) is 11.1. The molecule has 0 radical (unpaired) electrons. The molecule has 23 heavy (non-hydrogen) atoms. The zero-order valence-electron chi connectivity index (χ0n) is 12.7. The van der Waals surface area contributed by atoms with Crippen molar-refractivity contribution in [2.45, 2.75) is 16.7 Å². The fourth-order valence-electron chi connectivity index (χ4n) is 2.03. The van der Waals surface area contributed by atoms with E-state index in [-0.39, 0.29) is 21.4 Å². The maximum Gasteiger partial charge on any atom is 0.325 e. The van der Waals surface area contributed by atoms with Crippen molar-refractivity contribution in [1.82, 2.24) is 0 Å². The van der Waals surface area contributed by atoms with Crippen LogP contribution in [0.15, 0.2) is 52.3 Å². The van der Waals surface area contributed by atoms with Crippen molar-refractivity contribution < 1.29 is 17.9 Å². The molecule has 0 amide bonds. The van der Waals surface area contributed by atoms with Crippen LogP contribution >= 0.6 is 11.6 Å². The lowest BCUT2D eigenvalue weighted by Crippen LogP contribution is -2.16. The third-order valence-electron chi connectivity index (χ3n) is 3.34. The van der Waals surface area contributed by atoms with E-state index in [4.69, 9.17) is 11.6 Å².